The molecule has 7 nitrogen and oxygen atoms in total. The summed E-state index contributed by atoms with van der Waals surface area (Å²) in [6.45, 7) is 4.42. The maximum atomic E-state index is 11.9. The van der Waals surface area contributed by atoms with Crippen LogP contribution in [-0.2, 0) is 6.54 Å². The lowest BCUT2D eigenvalue weighted by Crippen LogP contribution is -2.45. The fourth-order valence-electron chi connectivity index (χ4n) is 4.61. The maximum Gasteiger partial charge on any atom is 0.292 e. The summed E-state index contributed by atoms with van der Waals surface area (Å²) in [6.07, 6.45) is 3.49. The number of hydrogen-bond donors (Lipinski definition) is 1. The topological polar surface area (TPSA) is 74.8 Å². The zero-order valence-electron chi connectivity index (χ0n) is 19.4. The van der Waals surface area contributed by atoms with Crippen LogP contribution >= 0.6 is 0 Å². The summed E-state index contributed by atoms with van der Waals surface area (Å²) in [4.78, 5) is 16.3. The first kappa shape index (κ1) is 22.7. The molecule has 0 spiro atoms. The van der Waals surface area contributed by atoms with E-state index in [4.69, 9.17) is 4.42 Å². The van der Waals surface area contributed by atoms with Crippen LogP contribution in [0.1, 0.15) is 22.7 Å². The summed E-state index contributed by atoms with van der Waals surface area (Å²) < 4.78 is 5.19. The molecule has 0 saturated carbocycles. The Labute approximate surface area is 204 Å². The highest BCUT2D eigenvalue weighted by molar-refractivity contribution is 5.70. The van der Waals surface area contributed by atoms with Gasteiger partial charge in [-0.05, 0) is 29.3 Å². The normalized spacial score (nSPS) is 14.3. The molecule has 7 heteroatoms. The number of nitrogens with one attached hydrogen (secondary N) is 1. The molecule has 0 aliphatic carbocycles. The van der Waals surface area contributed by atoms with E-state index >= 15 is 0 Å². The van der Waals surface area contributed by atoms with Crippen LogP contribution in [0.4, 0.5) is 17.1 Å². The Kier molecular flexibility index (Phi) is 6.77. The van der Waals surface area contributed by atoms with Gasteiger partial charge in [-0.2, -0.15) is 0 Å². The highest BCUT2D eigenvalue weighted by Crippen LogP contribution is 2.35. The molecule has 178 valence electrons. The number of rotatable bonds is 8. The van der Waals surface area contributed by atoms with E-state index in [0.717, 1.165) is 49.5 Å². The smallest absolute Gasteiger partial charge is 0.292 e. The average molecular weight is 469 g/mol. The number of furan rings is 1. The van der Waals surface area contributed by atoms with Gasteiger partial charge < -0.3 is 14.6 Å². The van der Waals surface area contributed by atoms with Gasteiger partial charge in [0.25, 0.3) is 5.69 Å². The SMILES string of the molecule is O=[N+]([O-])c1ccc(N2CCN(Cc3ccoc3)CC2)cc1NC(c1ccccc1)c1ccccc1. The molecule has 1 aliphatic heterocycles. The Morgan fingerprint density at radius 2 is 1.54 bits per heavy atom. The molecule has 1 aliphatic rings. The second kappa shape index (κ2) is 10.4. The van der Waals surface area contributed by atoms with Gasteiger partial charge in [-0.15, -0.1) is 0 Å². The minimum atomic E-state index is -0.317. The van der Waals surface area contributed by atoms with Crippen LogP contribution in [-0.4, -0.2) is 36.0 Å². The monoisotopic (exact) mass is 468 g/mol. The Balaban J connectivity index is 1.39. The molecule has 5 rings (SSSR count). The van der Waals surface area contributed by atoms with Crippen LogP contribution in [0.25, 0.3) is 0 Å². The van der Waals surface area contributed by atoms with Crippen molar-refractivity contribution in [3.8, 4) is 0 Å². The van der Waals surface area contributed by atoms with Gasteiger partial charge >= 0.3 is 0 Å². The van der Waals surface area contributed by atoms with Gasteiger partial charge in [0.1, 0.15) is 5.69 Å². The molecule has 35 heavy (non-hydrogen) atoms. The predicted octanol–water partition coefficient (Wildman–Crippen LogP) is 5.71. The summed E-state index contributed by atoms with van der Waals surface area (Å²) in [7, 11) is 0. The first-order chi connectivity index (χ1) is 17.2. The van der Waals surface area contributed by atoms with Crippen molar-refractivity contribution in [3.05, 3.63) is 124 Å². The minimum Gasteiger partial charge on any atom is -0.472 e. The van der Waals surface area contributed by atoms with Crippen molar-refractivity contribution in [1.82, 2.24) is 4.90 Å². The third-order valence-corrected chi connectivity index (χ3v) is 6.47. The second-order valence-electron chi connectivity index (χ2n) is 8.75. The Hall–Kier alpha value is -4.10. The standard InChI is InChI=1S/C28H28N4O3/c33-32(34)27-12-11-25(31-16-14-30(15-17-31)20-22-13-18-35-21-22)19-26(27)29-28(23-7-3-1-4-8-23)24-9-5-2-6-10-24/h1-13,18-19,21,28-29H,14-17,20H2. The number of benzene rings is 3. The van der Waals surface area contributed by atoms with Crippen LogP contribution in [0.3, 0.4) is 0 Å². The van der Waals surface area contributed by atoms with Crippen molar-refractivity contribution in [2.45, 2.75) is 12.6 Å². The lowest BCUT2D eigenvalue weighted by Gasteiger charge is -2.36. The highest BCUT2D eigenvalue weighted by atomic mass is 16.6. The van der Waals surface area contributed by atoms with Crippen molar-refractivity contribution in [2.24, 2.45) is 0 Å². The molecule has 2 heterocycles. The fraction of sp³-hybridized carbons (Fsp3) is 0.214. The second-order valence-corrected chi connectivity index (χ2v) is 8.75. The molecule has 0 atom stereocenters. The number of anilines is 2. The Morgan fingerprint density at radius 1 is 0.886 bits per heavy atom. The minimum absolute atomic E-state index is 0.0733. The van der Waals surface area contributed by atoms with Crippen LogP contribution in [0.5, 0.6) is 0 Å². The summed E-state index contributed by atoms with van der Waals surface area (Å²) in [5, 5.41) is 15.4. The van der Waals surface area contributed by atoms with E-state index < -0.39 is 0 Å². The number of piperazine rings is 1. The van der Waals surface area contributed by atoms with Gasteiger partial charge in [0.2, 0.25) is 0 Å². The molecule has 4 aromatic rings. The lowest BCUT2D eigenvalue weighted by atomic mass is 9.98. The predicted molar refractivity (Wildman–Crippen MR) is 138 cm³/mol. The molecule has 0 unspecified atom stereocenters. The summed E-state index contributed by atoms with van der Waals surface area (Å²) >= 11 is 0. The molecule has 1 saturated heterocycles. The van der Waals surface area contributed by atoms with Crippen molar-refractivity contribution in [2.75, 3.05) is 36.4 Å². The van der Waals surface area contributed by atoms with E-state index in [9.17, 15) is 10.1 Å². The molecule has 1 fully saturated rings. The largest absolute Gasteiger partial charge is 0.472 e. The van der Waals surface area contributed by atoms with Crippen molar-refractivity contribution >= 4 is 17.1 Å². The van der Waals surface area contributed by atoms with Gasteiger partial charge in [0.15, 0.2) is 0 Å². The number of nitrogens with zero attached hydrogens (tertiary/aromatic N) is 3. The van der Waals surface area contributed by atoms with Gasteiger partial charge in [-0.1, -0.05) is 60.7 Å². The Bertz CT molecular complexity index is 1200. The summed E-state index contributed by atoms with van der Waals surface area (Å²) in [5.41, 5.74) is 4.85. The fourth-order valence-corrected chi connectivity index (χ4v) is 4.61. The third-order valence-electron chi connectivity index (χ3n) is 6.47. The van der Waals surface area contributed by atoms with Gasteiger partial charge in [-0.3, -0.25) is 15.0 Å². The number of nitro benzene ring substituents is 1. The van der Waals surface area contributed by atoms with Crippen molar-refractivity contribution in [3.63, 3.8) is 0 Å². The van der Waals surface area contributed by atoms with Crippen LogP contribution in [0, 0.1) is 10.1 Å². The van der Waals surface area contributed by atoms with Crippen LogP contribution < -0.4 is 10.2 Å². The zero-order chi connectivity index (χ0) is 24.0. The molecule has 1 N–H and O–H groups in total. The maximum absolute atomic E-state index is 11.9. The molecule has 1 aromatic heterocycles. The first-order valence-corrected chi connectivity index (χ1v) is 11.8. The van der Waals surface area contributed by atoms with Crippen molar-refractivity contribution < 1.29 is 9.34 Å². The van der Waals surface area contributed by atoms with Crippen LogP contribution in [0.15, 0.2) is 102 Å². The third kappa shape index (κ3) is 5.36. The summed E-state index contributed by atoms with van der Waals surface area (Å²) in [5.74, 6) is 0. The highest BCUT2D eigenvalue weighted by Gasteiger charge is 2.23. The van der Waals surface area contributed by atoms with Gasteiger partial charge in [0.05, 0.1) is 23.5 Å². The van der Waals surface area contributed by atoms with E-state index in [1.165, 1.54) is 5.56 Å². The van der Waals surface area contributed by atoms with E-state index in [2.05, 4.69) is 15.1 Å². The summed E-state index contributed by atoms with van der Waals surface area (Å²) in [6, 6.07) is 27.2. The Morgan fingerprint density at radius 3 is 2.11 bits per heavy atom. The quantitative estimate of drug-likeness (QED) is 0.264. The van der Waals surface area contributed by atoms with E-state index in [1.54, 1.807) is 18.6 Å². The van der Waals surface area contributed by atoms with E-state index in [0.29, 0.717) is 5.69 Å². The zero-order valence-corrected chi connectivity index (χ0v) is 19.4. The molecule has 0 radical (unpaired) electrons. The van der Waals surface area contributed by atoms with Crippen molar-refractivity contribution in [1.29, 1.82) is 0 Å². The molecule has 3 aromatic carbocycles. The van der Waals surface area contributed by atoms with E-state index in [1.807, 2.05) is 78.9 Å². The van der Waals surface area contributed by atoms with Gasteiger partial charge in [-0.25, -0.2) is 0 Å². The van der Waals surface area contributed by atoms with Crippen LogP contribution in [0.2, 0.25) is 0 Å². The average Bonchev–Trinajstić information content (AvgIpc) is 3.41. The molecule has 0 amide bonds. The number of nitro groups is 1. The van der Waals surface area contributed by atoms with E-state index in [-0.39, 0.29) is 16.7 Å². The molecular weight excluding hydrogens is 440 g/mol. The lowest BCUT2D eigenvalue weighted by molar-refractivity contribution is -0.384. The van der Waals surface area contributed by atoms with Gasteiger partial charge in [0, 0.05) is 50.0 Å². The number of hydrogen-bond acceptors (Lipinski definition) is 6. The first-order valence-electron chi connectivity index (χ1n) is 11.8. The molecular formula is C28H28N4O3. The molecule has 0 bridgehead atoms.